The highest BCUT2D eigenvalue weighted by atomic mass is 28.3. The lowest BCUT2D eigenvalue weighted by Crippen LogP contribution is -2.31. The van der Waals surface area contributed by atoms with Gasteiger partial charge in [-0.2, -0.15) is 0 Å². The van der Waals surface area contributed by atoms with Crippen LogP contribution in [0.25, 0.3) is 5.57 Å². The molecule has 0 saturated heterocycles. The summed E-state index contributed by atoms with van der Waals surface area (Å²) in [6.07, 6.45) is 2.67. The number of rotatable bonds is 6. The third-order valence-electron chi connectivity index (χ3n) is 5.95. The van der Waals surface area contributed by atoms with Crippen LogP contribution in [-0.2, 0) is 0 Å². The van der Waals surface area contributed by atoms with Crippen molar-refractivity contribution < 1.29 is 0 Å². The van der Waals surface area contributed by atoms with E-state index in [-0.39, 0.29) is 0 Å². The Bertz CT molecular complexity index is 573. The molecule has 0 heterocycles. The first-order valence-electron chi connectivity index (χ1n) is 8.93. The zero-order valence-electron chi connectivity index (χ0n) is 15.3. The first-order chi connectivity index (χ1) is 10.5. The van der Waals surface area contributed by atoms with Crippen LogP contribution in [0.5, 0.6) is 0 Å². The average molecular weight is 313 g/mol. The van der Waals surface area contributed by atoms with Crippen molar-refractivity contribution in [3.05, 3.63) is 52.6 Å². The molecule has 0 radical (unpaired) electrons. The summed E-state index contributed by atoms with van der Waals surface area (Å²) in [4.78, 5) is 0. The van der Waals surface area contributed by atoms with Gasteiger partial charge in [0.25, 0.3) is 0 Å². The monoisotopic (exact) mass is 312 g/mol. The van der Waals surface area contributed by atoms with Crippen LogP contribution in [0.2, 0.25) is 17.1 Å². The van der Waals surface area contributed by atoms with E-state index < -0.39 is 8.80 Å². The van der Waals surface area contributed by atoms with Gasteiger partial charge in [-0.15, -0.1) is 0 Å². The van der Waals surface area contributed by atoms with Gasteiger partial charge in [-0.1, -0.05) is 81.6 Å². The molecule has 1 atom stereocenters. The van der Waals surface area contributed by atoms with Crippen molar-refractivity contribution in [3.63, 3.8) is 0 Å². The van der Waals surface area contributed by atoms with Crippen molar-refractivity contribution in [2.45, 2.75) is 71.5 Å². The molecule has 1 heteroatoms. The van der Waals surface area contributed by atoms with E-state index in [1.807, 2.05) is 0 Å². The molecule has 1 aliphatic carbocycles. The minimum absolute atomic E-state index is 0.335. The van der Waals surface area contributed by atoms with E-state index in [2.05, 4.69) is 71.9 Å². The molecule has 0 fully saturated rings. The Morgan fingerprint density at radius 2 is 1.41 bits per heavy atom. The highest BCUT2D eigenvalue weighted by Gasteiger charge is 2.44. The average Bonchev–Trinajstić information content (AvgIpc) is 2.70. The van der Waals surface area contributed by atoms with Crippen LogP contribution in [0.1, 0.15) is 59.9 Å². The fourth-order valence-corrected chi connectivity index (χ4v) is 8.94. The van der Waals surface area contributed by atoms with Gasteiger partial charge in [-0.25, -0.2) is 0 Å². The Hall–Kier alpha value is -1.08. The zero-order chi connectivity index (χ0) is 16.3. The zero-order valence-corrected chi connectivity index (χ0v) is 16.4. The molecule has 1 unspecified atom stereocenters. The molecule has 22 heavy (non-hydrogen) atoms. The maximum absolute atomic E-state index is 2.56. The first kappa shape index (κ1) is 17.3. The van der Waals surface area contributed by atoms with Crippen LogP contribution in [0.3, 0.4) is 0 Å². The molecule has 0 nitrogen and oxygen atoms in total. The lowest BCUT2D eigenvalue weighted by atomic mass is 9.90. The van der Waals surface area contributed by atoms with Gasteiger partial charge in [0.05, 0.1) is 8.80 Å². The fraction of sp³-hybridized carbons (Fsp3) is 0.524. The maximum atomic E-state index is 2.56. The molecule has 0 amide bonds. The quantitative estimate of drug-likeness (QED) is 0.518. The highest BCUT2D eigenvalue weighted by molar-refractivity contribution is 6.66. The summed E-state index contributed by atoms with van der Waals surface area (Å²) in [6.45, 7) is 14.4. The van der Waals surface area contributed by atoms with Crippen LogP contribution in [-0.4, -0.2) is 8.80 Å². The Morgan fingerprint density at radius 3 is 1.91 bits per heavy atom. The van der Waals surface area contributed by atoms with Crippen molar-refractivity contribution in [1.29, 1.82) is 0 Å². The number of hydrogen-bond acceptors (Lipinski definition) is 0. The lowest BCUT2D eigenvalue weighted by Gasteiger charge is -2.38. The second-order valence-electron chi connectivity index (χ2n) is 7.09. The van der Waals surface area contributed by atoms with Gasteiger partial charge in [-0.05, 0) is 43.1 Å². The highest BCUT2D eigenvalue weighted by Crippen LogP contribution is 2.60. The smallest absolute Gasteiger partial charge is 0.0536 e. The summed E-state index contributed by atoms with van der Waals surface area (Å²) in [5.74, 6) is 0. The molecule has 0 N–H and O–H groups in total. The van der Waals surface area contributed by atoms with Gasteiger partial charge in [-0.3, -0.25) is 0 Å². The van der Waals surface area contributed by atoms with E-state index in [1.54, 1.807) is 16.7 Å². The normalized spacial score (nSPS) is 22.1. The molecule has 0 bridgehead atoms. The minimum atomic E-state index is -0.879. The third kappa shape index (κ3) is 2.76. The van der Waals surface area contributed by atoms with Gasteiger partial charge in [0, 0.05) is 5.04 Å². The molecule has 1 aromatic rings. The molecular formula is C21H32Si. The van der Waals surface area contributed by atoms with Crippen molar-refractivity contribution in [3.8, 4) is 0 Å². The van der Waals surface area contributed by atoms with E-state index in [9.17, 15) is 0 Å². The summed E-state index contributed by atoms with van der Waals surface area (Å²) in [6, 6.07) is 14.0. The van der Waals surface area contributed by atoms with E-state index in [0.717, 1.165) is 0 Å². The minimum Gasteiger partial charge on any atom is -0.0657 e. The molecule has 0 spiro atoms. The van der Waals surface area contributed by atoms with Crippen LogP contribution in [0.4, 0.5) is 0 Å². The van der Waals surface area contributed by atoms with Crippen LogP contribution < -0.4 is 0 Å². The van der Waals surface area contributed by atoms with E-state index >= 15 is 0 Å². The summed E-state index contributed by atoms with van der Waals surface area (Å²) in [5, 5.41) is 0.335. The van der Waals surface area contributed by atoms with Crippen LogP contribution in [0.15, 0.2) is 47.1 Å². The molecule has 1 aromatic carbocycles. The van der Waals surface area contributed by atoms with Crippen molar-refractivity contribution in [2.24, 2.45) is 0 Å². The maximum Gasteiger partial charge on any atom is 0.0536 e. The molecule has 120 valence electrons. The van der Waals surface area contributed by atoms with Crippen LogP contribution in [0, 0.1) is 0 Å². The van der Waals surface area contributed by atoms with E-state index in [4.69, 9.17) is 0 Å². The summed E-state index contributed by atoms with van der Waals surface area (Å²) in [7, 11) is -0.879. The Morgan fingerprint density at radius 1 is 0.864 bits per heavy atom. The van der Waals surface area contributed by atoms with Crippen molar-refractivity contribution in [1.82, 2.24) is 0 Å². The molecule has 0 saturated carbocycles. The summed E-state index contributed by atoms with van der Waals surface area (Å²) >= 11 is 0. The third-order valence-corrected chi connectivity index (χ3v) is 10.9. The number of hydrogen-bond donors (Lipinski definition) is 0. The summed E-state index contributed by atoms with van der Waals surface area (Å²) < 4.78 is 0. The predicted molar refractivity (Wildman–Crippen MR) is 103 cm³/mol. The topological polar surface area (TPSA) is 0 Å². The molecular weight excluding hydrogens is 280 g/mol. The lowest BCUT2D eigenvalue weighted by molar-refractivity contribution is 0.841. The largest absolute Gasteiger partial charge is 0.0657 e. The van der Waals surface area contributed by atoms with Crippen molar-refractivity contribution >= 4 is 14.4 Å². The molecule has 0 aromatic heterocycles. The molecule has 2 rings (SSSR count). The Balaban J connectivity index is 2.59. The Labute approximate surface area is 138 Å². The fourth-order valence-electron chi connectivity index (χ4n) is 4.49. The van der Waals surface area contributed by atoms with Gasteiger partial charge < -0.3 is 0 Å². The molecule has 0 aliphatic heterocycles. The molecule has 1 aliphatic rings. The standard InChI is InChI=1S/C21H32Si/c1-7-14-22(15-8-2)21(6)18(5)16(3)17(4)20(21)19-12-10-9-11-13-19/h9-13,22H,7-8,14-15H2,1-6H3. The second-order valence-corrected chi connectivity index (χ2v) is 10.8. The summed E-state index contributed by atoms with van der Waals surface area (Å²) in [5.41, 5.74) is 7.83. The van der Waals surface area contributed by atoms with Crippen molar-refractivity contribution in [2.75, 3.05) is 0 Å². The van der Waals surface area contributed by atoms with Gasteiger partial charge in [0.15, 0.2) is 0 Å². The van der Waals surface area contributed by atoms with Gasteiger partial charge in [0.2, 0.25) is 0 Å². The Kier molecular flexibility index (Phi) is 5.49. The van der Waals surface area contributed by atoms with Gasteiger partial charge in [0.1, 0.15) is 0 Å². The van der Waals surface area contributed by atoms with Gasteiger partial charge >= 0.3 is 0 Å². The predicted octanol–water partition coefficient (Wildman–Crippen LogP) is 6.62. The van der Waals surface area contributed by atoms with E-state index in [0.29, 0.717) is 5.04 Å². The van der Waals surface area contributed by atoms with E-state index in [1.165, 1.54) is 36.1 Å². The number of allylic oxidation sites excluding steroid dienone is 4. The first-order valence-corrected chi connectivity index (χ1v) is 11.1. The van der Waals surface area contributed by atoms with Crippen LogP contribution >= 0.6 is 0 Å². The second kappa shape index (κ2) is 7.00. The SMILES string of the molecule is CCC[SiH](CCC)C1(C)C(C)=C(C)C(C)=C1c1ccccc1. The number of benzene rings is 1.